The number of aryl methyl sites for hydroxylation is 2. The van der Waals surface area contributed by atoms with Gasteiger partial charge in [0.2, 0.25) is 17.0 Å². The molecule has 0 saturated heterocycles. The van der Waals surface area contributed by atoms with E-state index in [1.807, 2.05) is 44.2 Å². The Bertz CT molecular complexity index is 1030. The average Bonchev–Trinajstić information content (AvgIpc) is 3.18. The van der Waals surface area contributed by atoms with Crippen LogP contribution in [0.1, 0.15) is 18.1 Å². The van der Waals surface area contributed by atoms with Gasteiger partial charge in [-0.25, -0.2) is 4.98 Å². The van der Waals surface area contributed by atoms with Gasteiger partial charge in [-0.05, 0) is 56.2 Å². The fourth-order valence-corrected chi connectivity index (χ4v) is 3.63. The van der Waals surface area contributed by atoms with Crippen LogP contribution in [0, 0.1) is 13.8 Å². The normalized spacial score (nSPS) is 11.7. The second-order valence-corrected chi connectivity index (χ2v) is 8.51. The maximum Gasteiger partial charge on any atom is 0.243 e. The Hall–Kier alpha value is -2.84. The topological polar surface area (TPSA) is 99.8 Å². The molecule has 3 N–H and O–H groups in total. The fourth-order valence-electron chi connectivity index (χ4n) is 2.75. The lowest BCUT2D eigenvalue weighted by atomic mass is 10.1. The fraction of sp³-hybridized carbons (Fsp3) is 0.238. The summed E-state index contributed by atoms with van der Waals surface area (Å²) in [4.78, 5) is 29.0. The highest BCUT2D eigenvalue weighted by atomic mass is 35.5. The largest absolute Gasteiger partial charge is 0.346 e. The van der Waals surface area contributed by atoms with Crippen LogP contribution in [0.25, 0.3) is 11.4 Å². The number of aromatic nitrogens is 3. The summed E-state index contributed by atoms with van der Waals surface area (Å²) in [5.74, 6) is 0.0464. The van der Waals surface area contributed by atoms with E-state index >= 15 is 0 Å². The summed E-state index contributed by atoms with van der Waals surface area (Å²) >= 11 is 7.10. The van der Waals surface area contributed by atoms with Gasteiger partial charge in [0.15, 0.2) is 5.82 Å². The molecule has 1 unspecified atom stereocenters. The molecule has 3 rings (SSSR count). The van der Waals surface area contributed by atoms with Crippen molar-refractivity contribution in [2.45, 2.75) is 31.2 Å². The standard InChI is InChI=1S/C21H22ClN5O2S/c1-12-5-4-6-13(2)18(12)24-17(28)11-23-20(29)14(3)30-21-25-19(26-27-21)15-7-9-16(22)10-8-15/h4-10,14H,11H2,1-3H3,(H,23,29)(H,24,28)(H,25,26,27). The second kappa shape index (κ2) is 9.77. The summed E-state index contributed by atoms with van der Waals surface area (Å²) in [6, 6.07) is 13.0. The number of nitrogens with one attached hydrogen (secondary N) is 3. The van der Waals surface area contributed by atoms with Gasteiger partial charge in [0.1, 0.15) is 0 Å². The van der Waals surface area contributed by atoms with Crippen LogP contribution in [0.3, 0.4) is 0 Å². The summed E-state index contributed by atoms with van der Waals surface area (Å²) in [7, 11) is 0. The molecule has 0 aliphatic heterocycles. The zero-order chi connectivity index (χ0) is 21.7. The third kappa shape index (κ3) is 5.61. The smallest absolute Gasteiger partial charge is 0.243 e. The van der Waals surface area contributed by atoms with Crippen LogP contribution in [0.2, 0.25) is 5.02 Å². The quantitative estimate of drug-likeness (QED) is 0.479. The number of hydrogen-bond acceptors (Lipinski definition) is 5. The minimum Gasteiger partial charge on any atom is -0.346 e. The Balaban J connectivity index is 1.51. The van der Waals surface area contributed by atoms with Crippen molar-refractivity contribution < 1.29 is 9.59 Å². The van der Waals surface area contributed by atoms with E-state index in [2.05, 4.69) is 25.8 Å². The number of para-hydroxylation sites is 1. The van der Waals surface area contributed by atoms with Crippen molar-refractivity contribution >= 4 is 40.9 Å². The number of thioether (sulfide) groups is 1. The van der Waals surface area contributed by atoms with Crippen molar-refractivity contribution in [1.29, 1.82) is 0 Å². The number of carbonyl (C=O) groups is 2. The first-order valence-corrected chi connectivity index (χ1v) is 10.6. The van der Waals surface area contributed by atoms with Gasteiger partial charge in [0.25, 0.3) is 0 Å². The Morgan fingerprint density at radius 3 is 2.47 bits per heavy atom. The summed E-state index contributed by atoms with van der Waals surface area (Å²) in [5.41, 5.74) is 3.56. The maximum atomic E-state index is 12.4. The second-order valence-electron chi connectivity index (χ2n) is 6.77. The number of nitrogens with zero attached hydrogens (tertiary/aromatic N) is 2. The van der Waals surface area contributed by atoms with E-state index in [9.17, 15) is 9.59 Å². The van der Waals surface area contributed by atoms with Crippen LogP contribution >= 0.6 is 23.4 Å². The van der Waals surface area contributed by atoms with E-state index in [-0.39, 0.29) is 18.4 Å². The Kier molecular flexibility index (Phi) is 7.12. The first-order chi connectivity index (χ1) is 14.3. The van der Waals surface area contributed by atoms with Crippen LogP contribution < -0.4 is 10.6 Å². The van der Waals surface area contributed by atoms with Gasteiger partial charge in [-0.1, -0.05) is 41.6 Å². The molecule has 0 saturated carbocycles. The van der Waals surface area contributed by atoms with Gasteiger partial charge >= 0.3 is 0 Å². The number of rotatable bonds is 7. The van der Waals surface area contributed by atoms with Crippen molar-refractivity contribution in [3.8, 4) is 11.4 Å². The number of carbonyl (C=O) groups excluding carboxylic acids is 2. The maximum absolute atomic E-state index is 12.4. The lowest BCUT2D eigenvalue weighted by molar-refractivity contribution is -0.123. The van der Waals surface area contributed by atoms with E-state index in [0.717, 1.165) is 22.4 Å². The highest BCUT2D eigenvalue weighted by Gasteiger charge is 2.18. The number of amides is 2. The third-order valence-corrected chi connectivity index (χ3v) is 5.62. The number of benzene rings is 2. The molecule has 0 radical (unpaired) electrons. The SMILES string of the molecule is Cc1cccc(C)c1NC(=O)CNC(=O)C(C)Sc1n[nH]c(-c2ccc(Cl)cc2)n1. The molecule has 1 atom stereocenters. The van der Waals surface area contributed by atoms with Gasteiger partial charge in [0, 0.05) is 16.3 Å². The number of hydrogen-bond donors (Lipinski definition) is 3. The van der Waals surface area contributed by atoms with Crippen LogP contribution in [-0.4, -0.2) is 38.8 Å². The van der Waals surface area contributed by atoms with Crippen LogP contribution in [0.15, 0.2) is 47.6 Å². The van der Waals surface area contributed by atoms with Crippen LogP contribution in [-0.2, 0) is 9.59 Å². The molecule has 7 nitrogen and oxygen atoms in total. The molecule has 30 heavy (non-hydrogen) atoms. The third-order valence-electron chi connectivity index (χ3n) is 4.40. The molecule has 156 valence electrons. The number of H-pyrrole nitrogens is 1. The average molecular weight is 444 g/mol. The van der Waals surface area contributed by atoms with E-state index in [1.165, 1.54) is 11.8 Å². The Labute approximate surface area is 184 Å². The van der Waals surface area contributed by atoms with E-state index in [0.29, 0.717) is 16.0 Å². The number of halogens is 1. The van der Waals surface area contributed by atoms with Crippen molar-refractivity contribution in [3.63, 3.8) is 0 Å². The molecular formula is C21H22ClN5O2S. The van der Waals surface area contributed by atoms with E-state index in [1.54, 1.807) is 19.1 Å². The lowest BCUT2D eigenvalue weighted by Gasteiger charge is -2.13. The predicted octanol–water partition coefficient (Wildman–Crippen LogP) is 3.98. The van der Waals surface area contributed by atoms with Gasteiger partial charge < -0.3 is 10.6 Å². The number of anilines is 1. The molecule has 9 heteroatoms. The van der Waals surface area contributed by atoms with Gasteiger partial charge in [0.05, 0.1) is 11.8 Å². The minimum atomic E-state index is -0.466. The summed E-state index contributed by atoms with van der Waals surface area (Å²) in [5, 5.41) is 13.1. The molecule has 1 heterocycles. The van der Waals surface area contributed by atoms with Gasteiger partial charge in [-0.3, -0.25) is 14.7 Å². The van der Waals surface area contributed by atoms with Crippen LogP contribution in [0.5, 0.6) is 0 Å². The minimum absolute atomic E-state index is 0.110. The molecule has 0 fully saturated rings. The Morgan fingerprint density at radius 2 is 1.80 bits per heavy atom. The monoisotopic (exact) mass is 443 g/mol. The van der Waals surface area contributed by atoms with E-state index < -0.39 is 5.25 Å². The number of aromatic amines is 1. The molecule has 0 aliphatic rings. The van der Waals surface area contributed by atoms with Gasteiger partial charge in [-0.15, -0.1) is 5.10 Å². The molecule has 0 aliphatic carbocycles. The van der Waals surface area contributed by atoms with Crippen molar-refractivity contribution in [1.82, 2.24) is 20.5 Å². The van der Waals surface area contributed by atoms with Crippen LogP contribution in [0.4, 0.5) is 5.69 Å². The molecule has 0 bridgehead atoms. The summed E-state index contributed by atoms with van der Waals surface area (Å²) < 4.78 is 0. The molecular weight excluding hydrogens is 422 g/mol. The predicted molar refractivity (Wildman–Crippen MR) is 120 cm³/mol. The molecule has 2 amide bonds. The molecule has 1 aromatic heterocycles. The molecule has 2 aromatic carbocycles. The molecule has 3 aromatic rings. The highest BCUT2D eigenvalue weighted by molar-refractivity contribution is 8.00. The lowest BCUT2D eigenvalue weighted by Crippen LogP contribution is -2.37. The van der Waals surface area contributed by atoms with Crippen molar-refractivity contribution in [3.05, 3.63) is 58.6 Å². The van der Waals surface area contributed by atoms with E-state index in [4.69, 9.17) is 11.6 Å². The zero-order valence-corrected chi connectivity index (χ0v) is 18.4. The van der Waals surface area contributed by atoms with Crippen molar-refractivity contribution in [2.75, 3.05) is 11.9 Å². The first kappa shape index (κ1) is 21.9. The molecule has 0 spiro atoms. The highest BCUT2D eigenvalue weighted by Crippen LogP contribution is 2.24. The first-order valence-electron chi connectivity index (χ1n) is 9.32. The summed E-state index contributed by atoms with van der Waals surface area (Å²) in [6.07, 6.45) is 0. The summed E-state index contributed by atoms with van der Waals surface area (Å²) in [6.45, 7) is 5.48. The van der Waals surface area contributed by atoms with Crippen molar-refractivity contribution in [2.24, 2.45) is 0 Å². The zero-order valence-electron chi connectivity index (χ0n) is 16.8. The van der Waals surface area contributed by atoms with Gasteiger partial charge in [-0.2, -0.15) is 0 Å². The Morgan fingerprint density at radius 1 is 1.13 bits per heavy atom.